The molecule has 1 saturated heterocycles. The third-order valence-electron chi connectivity index (χ3n) is 5.64. The number of benzene rings is 1. The van der Waals surface area contributed by atoms with Gasteiger partial charge in [0.1, 0.15) is 0 Å². The van der Waals surface area contributed by atoms with Gasteiger partial charge in [-0.05, 0) is 56.3 Å². The number of piperidine rings is 1. The van der Waals surface area contributed by atoms with Gasteiger partial charge in [-0.25, -0.2) is 0 Å². The number of carbonyl (C=O) groups is 1. The number of carbonyl (C=O) groups excluding carboxylic acids is 1. The van der Waals surface area contributed by atoms with Gasteiger partial charge in [0.05, 0.1) is 12.1 Å². The maximum atomic E-state index is 13.0. The average molecular weight is 417 g/mol. The van der Waals surface area contributed by atoms with Gasteiger partial charge in [0.2, 0.25) is 0 Å². The van der Waals surface area contributed by atoms with E-state index in [4.69, 9.17) is 6.42 Å². The lowest BCUT2D eigenvalue weighted by Crippen LogP contribution is -2.44. The minimum atomic E-state index is -0.140. The van der Waals surface area contributed by atoms with E-state index in [-0.39, 0.29) is 11.9 Å². The largest absolute Gasteiger partial charge is 0.348 e. The molecule has 2 N–H and O–H groups in total. The lowest BCUT2D eigenvalue weighted by molar-refractivity contribution is 0.0911. The standard InChI is InChI=1S/C24H28N6O/c1-4-9-30-10-7-20(8-11-30)26-24(31)23-21-13-18(5-6-22(21)27-28-23)19-12-17(14-25-15-19)16-29(2)3/h1,5-6,12-15,20H,7-11,16H2,2-3H3,(H,26,31)(H,27,28). The molecule has 7 nitrogen and oxygen atoms in total. The van der Waals surface area contributed by atoms with Gasteiger partial charge in [-0.3, -0.25) is 19.8 Å². The first-order valence-electron chi connectivity index (χ1n) is 10.6. The molecule has 1 fully saturated rings. The van der Waals surface area contributed by atoms with E-state index >= 15 is 0 Å². The van der Waals surface area contributed by atoms with Gasteiger partial charge >= 0.3 is 0 Å². The molecule has 2 aromatic heterocycles. The van der Waals surface area contributed by atoms with Crippen molar-refractivity contribution < 1.29 is 4.79 Å². The number of nitrogens with one attached hydrogen (secondary N) is 2. The van der Waals surface area contributed by atoms with Crippen LogP contribution in [0.25, 0.3) is 22.0 Å². The summed E-state index contributed by atoms with van der Waals surface area (Å²) < 4.78 is 0. The molecule has 1 aliphatic heterocycles. The Labute approximate surface area is 182 Å². The van der Waals surface area contributed by atoms with Crippen LogP contribution in [0.1, 0.15) is 28.9 Å². The molecular formula is C24H28N6O. The van der Waals surface area contributed by atoms with Crippen molar-refractivity contribution in [2.75, 3.05) is 33.7 Å². The van der Waals surface area contributed by atoms with E-state index in [9.17, 15) is 4.79 Å². The molecular weight excluding hydrogens is 388 g/mol. The van der Waals surface area contributed by atoms with Crippen LogP contribution in [0.3, 0.4) is 0 Å². The molecule has 0 saturated carbocycles. The second-order valence-electron chi connectivity index (χ2n) is 8.38. The highest BCUT2D eigenvalue weighted by atomic mass is 16.2. The molecule has 0 bridgehead atoms. The molecule has 1 aliphatic rings. The Bertz CT molecular complexity index is 1100. The number of H-pyrrole nitrogens is 1. The van der Waals surface area contributed by atoms with Crippen LogP contribution in [0.2, 0.25) is 0 Å². The van der Waals surface area contributed by atoms with Crippen LogP contribution in [0, 0.1) is 12.3 Å². The van der Waals surface area contributed by atoms with E-state index in [0.717, 1.165) is 60.1 Å². The maximum absolute atomic E-state index is 13.0. The zero-order valence-electron chi connectivity index (χ0n) is 18.1. The topological polar surface area (TPSA) is 77.1 Å². The van der Waals surface area contributed by atoms with Crippen LogP contribution in [-0.2, 0) is 6.54 Å². The van der Waals surface area contributed by atoms with Gasteiger partial charge in [-0.2, -0.15) is 5.10 Å². The second kappa shape index (κ2) is 9.29. The number of hydrogen-bond acceptors (Lipinski definition) is 5. The number of nitrogens with zero attached hydrogens (tertiary/aromatic N) is 4. The number of rotatable bonds is 6. The molecule has 3 aromatic rings. The fourth-order valence-corrected chi connectivity index (χ4v) is 4.08. The smallest absolute Gasteiger partial charge is 0.272 e. The van der Waals surface area contributed by atoms with Crippen molar-refractivity contribution in [3.63, 3.8) is 0 Å². The Morgan fingerprint density at radius 1 is 1.26 bits per heavy atom. The van der Waals surface area contributed by atoms with Crippen molar-refractivity contribution in [1.82, 2.24) is 30.3 Å². The van der Waals surface area contributed by atoms with Crippen LogP contribution < -0.4 is 5.32 Å². The summed E-state index contributed by atoms with van der Waals surface area (Å²) in [5.74, 6) is 2.54. The van der Waals surface area contributed by atoms with Crippen molar-refractivity contribution in [2.45, 2.75) is 25.4 Å². The number of amides is 1. The van der Waals surface area contributed by atoms with E-state index in [2.05, 4.69) is 42.3 Å². The van der Waals surface area contributed by atoms with Crippen LogP contribution in [-0.4, -0.2) is 70.7 Å². The van der Waals surface area contributed by atoms with Gasteiger partial charge in [-0.15, -0.1) is 6.42 Å². The SMILES string of the molecule is C#CCN1CCC(NC(=O)c2n[nH]c3ccc(-c4cncc(CN(C)C)c4)cc23)CC1. The van der Waals surface area contributed by atoms with Crippen molar-refractivity contribution in [3.05, 3.63) is 47.9 Å². The van der Waals surface area contributed by atoms with Crippen LogP contribution in [0.4, 0.5) is 0 Å². The minimum absolute atomic E-state index is 0.140. The molecule has 1 amide bonds. The number of likely N-dealkylation sites (tertiary alicyclic amines) is 1. The predicted octanol–water partition coefficient (Wildman–Crippen LogP) is 2.51. The molecule has 0 atom stereocenters. The highest BCUT2D eigenvalue weighted by Gasteiger charge is 2.23. The van der Waals surface area contributed by atoms with Crippen molar-refractivity contribution in [3.8, 4) is 23.5 Å². The van der Waals surface area contributed by atoms with Crippen molar-refractivity contribution in [2.24, 2.45) is 0 Å². The van der Waals surface area contributed by atoms with Gasteiger partial charge < -0.3 is 10.2 Å². The van der Waals surface area contributed by atoms with E-state index in [1.807, 2.05) is 44.7 Å². The summed E-state index contributed by atoms with van der Waals surface area (Å²) >= 11 is 0. The minimum Gasteiger partial charge on any atom is -0.348 e. The number of aromatic amines is 1. The summed E-state index contributed by atoms with van der Waals surface area (Å²) in [6.45, 7) is 3.29. The zero-order valence-corrected chi connectivity index (χ0v) is 18.1. The zero-order chi connectivity index (χ0) is 21.8. The normalized spacial score (nSPS) is 15.3. The van der Waals surface area contributed by atoms with Gasteiger partial charge in [-0.1, -0.05) is 12.0 Å². The average Bonchev–Trinajstić information content (AvgIpc) is 3.18. The molecule has 0 unspecified atom stereocenters. The summed E-state index contributed by atoms with van der Waals surface area (Å²) in [5, 5.41) is 11.2. The van der Waals surface area contributed by atoms with Crippen molar-refractivity contribution in [1.29, 1.82) is 0 Å². The third kappa shape index (κ3) is 4.93. The molecule has 3 heterocycles. The molecule has 0 radical (unpaired) electrons. The Morgan fingerprint density at radius 3 is 2.81 bits per heavy atom. The highest BCUT2D eigenvalue weighted by Crippen LogP contribution is 2.26. The lowest BCUT2D eigenvalue weighted by Gasteiger charge is -2.30. The monoisotopic (exact) mass is 416 g/mol. The summed E-state index contributed by atoms with van der Waals surface area (Å²) in [5.41, 5.74) is 4.45. The number of hydrogen-bond donors (Lipinski definition) is 2. The molecule has 160 valence electrons. The Morgan fingerprint density at radius 2 is 2.06 bits per heavy atom. The third-order valence-corrected chi connectivity index (χ3v) is 5.64. The van der Waals surface area contributed by atoms with Crippen LogP contribution in [0.15, 0.2) is 36.7 Å². The van der Waals surface area contributed by atoms with E-state index in [1.54, 1.807) is 0 Å². The molecule has 0 aliphatic carbocycles. The van der Waals surface area contributed by atoms with Gasteiger partial charge in [0, 0.05) is 49.0 Å². The number of fused-ring (bicyclic) bond motifs is 1. The van der Waals surface area contributed by atoms with Gasteiger partial charge in [0.15, 0.2) is 5.69 Å². The predicted molar refractivity (Wildman–Crippen MR) is 122 cm³/mol. The summed E-state index contributed by atoms with van der Waals surface area (Å²) in [4.78, 5) is 21.7. The van der Waals surface area contributed by atoms with E-state index in [1.165, 1.54) is 0 Å². The summed E-state index contributed by atoms with van der Waals surface area (Å²) in [6.07, 6.45) is 10.9. The van der Waals surface area contributed by atoms with Crippen LogP contribution >= 0.6 is 0 Å². The molecule has 0 spiro atoms. The summed E-state index contributed by atoms with van der Waals surface area (Å²) in [6, 6.07) is 8.28. The second-order valence-corrected chi connectivity index (χ2v) is 8.38. The Kier molecular flexibility index (Phi) is 6.31. The number of pyridine rings is 1. The fourth-order valence-electron chi connectivity index (χ4n) is 4.08. The van der Waals surface area contributed by atoms with E-state index < -0.39 is 0 Å². The first kappa shape index (κ1) is 21.0. The molecule has 7 heteroatoms. The highest BCUT2D eigenvalue weighted by molar-refractivity contribution is 6.05. The van der Waals surface area contributed by atoms with Crippen molar-refractivity contribution >= 4 is 16.8 Å². The van der Waals surface area contributed by atoms with Crippen LogP contribution in [0.5, 0.6) is 0 Å². The first-order valence-corrected chi connectivity index (χ1v) is 10.6. The van der Waals surface area contributed by atoms with Gasteiger partial charge in [0.25, 0.3) is 5.91 Å². The number of terminal acetylenes is 1. The molecule has 4 rings (SSSR count). The number of aromatic nitrogens is 3. The Hall–Kier alpha value is -3.21. The quantitative estimate of drug-likeness (QED) is 0.604. The first-order chi connectivity index (χ1) is 15.0. The van der Waals surface area contributed by atoms with E-state index in [0.29, 0.717) is 12.2 Å². The lowest BCUT2D eigenvalue weighted by atomic mass is 10.0. The summed E-state index contributed by atoms with van der Waals surface area (Å²) in [7, 11) is 4.07. The Balaban J connectivity index is 1.52. The fraction of sp³-hybridized carbons (Fsp3) is 0.375. The maximum Gasteiger partial charge on any atom is 0.272 e. The molecule has 31 heavy (non-hydrogen) atoms. The molecule has 1 aromatic carbocycles.